The second kappa shape index (κ2) is 10.5. The minimum absolute atomic E-state index is 0.0757. The number of nitrogens with one attached hydrogen (secondary N) is 2. The van der Waals surface area contributed by atoms with Crippen molar-refractivity contribution in [1.29, 1.82) is 0 Å². The molecular weight excluding hydrogens is 368 g/mol. The largest absolute Gasteiger partial charge is 0.461 e. The van der Waals surface area contributed by atoms with Crippen LogP contribution in [-0.2, 0) is 25.7 Å². The van der Waals surface area contributed by atoms with E-state index in [2.05, 4.69) is 10.6 Å². The van der Waals surface area contributed by atoms with Gasteiger partial charge < -0.3 is 15.4 Å². The second-order valence-corrected chi connectivity index (χ2v) is 6.73. The highest BCUT2D eigenvalue weighted by Gasteiger charge is 2.21. The van der Waals surface area contributed by atoms with Crippen LogP contribution < -0.4 is 10.6 Å². The number of rotatable bonds is 4. The van der Waals surface area contributed by atoms with Gasteiger partial charge >= 0.3 is 5.97 Å². The van der Waals surface area contributed by atoms with Crippen LogP contribution in [0.4, 0.5) is 0 Å². The summed E-state index contributed by atoms with van der Waals surface area (Å²) in [5.41, 5.74) is 1.66. The van der Waals surface area contributed by atoms with E-state index in [0.29, 0.717) is 18.0 Å². The Kier molecular flexibility index (Phi) is 8.07. The summed E-state index contributed by atoms with van der Waals surface area (Å²) >= 11 is 5.84. The number of halogens is 1. The van der Waals surface area contributed by atoms with Crippen molar-refractivity contribution in [2.75, 3.05) is 13.2 Å². The summed E-state index contributed by atoms with van der Waals surface area (Å²) in [6.45, 7) is 2.45. The molecule has 0 unspecified atom stereocenters. The lowest BCUT2D eigenvalue weighted by atomic mass is 9.98. The zero-order valence-electron chi connectivity index (χ0n) is 15.2. The number of esters is 1. The maximum Gasteiger partial charge on any atom is 0.331 e. The van der Waals surface area contributed by atoms with Gasteiger partial charge in [-0.2, -0.15) is 0 Å². The van der Waals surface area contributed by atoms with Crippen LogP contribution in [-0.4, -0.2) is 30.9 Å². The number of amides is 2. The molecule has 2 rings (SSSR count). The lowest BCUT2D eigenvalue weighted by molar-refractivity contribution is -0.138. The van der Waals surface area contributed by atoms with Gasteiger partial charge in [-0.3, -0.25) is 9.59 Å². The summed E-state index contributed by atoms with van der Waals surface area (Å²) < 4.78 is 4.99. The van der Waals surface area contributed by atoms with Gasteiger partial charge in [0, 0.05) is 24.1 Å². The van der Waals surface area contributed by atoms with Crippen LogP contribution in [0.15, 0.2) is 48.1 Å². The highest BCUT2D eigenvalue weighted by molar-refractivity contribution is 6.30. The first-order valence-corrected chi connectivity index (χ1v) is 9.12. The summed E-state index contributed by atoms with van der Waals surface area (Å²) in [5.74, 6) is -1.37. The fourth-order valence-electron chi connectivity index (χ4n) is 2.55. The summed E-state index contributed by atoms with van der Waals surface area (Å²) in [7, 11) is 0. The van der Waals surface area contributed by atoms with Crippen LogP contribution in [0.2, 0.25) is 5.02 Å². The van der Waals surface area contributed by atoms with Crippen molar-refractivity contribution in [3.05, 3.63) is 58.7 Å². The molecule has 0 radical (unpaired) electrons. The fraction of sp³-hybridized carbons (Fsp3) is 0.350. The van der Waals surface area contributed by atoms with E-state index >= 15 is 0 Å². The number of benzene rings is 1. The lowest BCUT2D eigenvalue weighted by Gasteiger charge is -2.16. The highest BCUT2D eigenvalue weighted by Crippen LogP contribution is 2.13. The molecule has 1 aliphatic rings. The molecule has 1 atom stereocenters. The molecule has 1 heterocycles. The van der Waals surface area contributed by atoms with Gasteiger partial charge in [0.15, 0.2) is 0 Å². The third-order valence-corrected chi connectivity index (χ3v) is 4.25. The van der Waals surface area contributed by atoms with Gasteiger partial charge in [0.05, 0.1) is 12.5 Å². The number of allylic oxidation sites excluding steroid dienone is 3. The first-order chi connectivity index (χ1) is 12.9. The number of carbonyl (C=O) groups is 3. The van der Waals surface area contributed by atoms with E-state index in [0.717, 1.165) is 11.1 Å². The van der Waals surface area contributed by atoms with E-state index in [4.69, 9.17) is 16.3 Å². The Morgan fingerprint density at radius 3 is 2.78 bits per heavy atom. The summed E-state index contributed by atoms with van der Waals surface area (Å²) in [5, 5.41) is 6.16. The van der Waals surface area contributed by atoms with Crippen molar-refractivity contribution < 1.29 is 19.1 Å². The zero-order chi connectivity index (χ0) is 19.6. The second-order valence-electron chi connectivity index (χ2n) is 6.29. The van der Waals surface area contributed by atoms with Gasteiger partial charge in [0.25, 0.3) is 0 Å². The molecule has 0 bridgehead atoms. The van der Waals surface area contributed by atoms with Crippen molar-refractivity contribution in [2.45, 2.75) is 26.3 Å². The Labute approximate surface area is 163 Å². The quantitative estimate of drug-likeness (QED) is 0.774. The van der Waals surface area contributed by atoms with Crippen molar-refractivity contribution in [1.82, 2.24) is 10.6 Å². The van der Waals surface area contributed by atoms with Crippen LogP contribution in [0.25, 0.3) is 0 Å². The topological polar surface area (TPSA) is 84.5 Å². The standard InChI is InChI=1S/C20H23ClN2O4/c1-14-3-2-4-16(20(26)22-9-10-27-19(25)11-14)12-18(24)23-13-15-5-7-17(21)8-6-15/h2-3,5-8,11,16H,4,9-10,12-13H2,1H3,(H,22,26)(H,23,24)/b3-2+,14-11-/t16-/m0/s1. The fourth-order valence-corrected chi connectivity index (χ4v) is 2.67. The van der Waals surface area contributed by atoms with Crippen LogP contribution in [0, 0.1) is 5.92 Å². The Bertz CT molecular complexity index is 741. The van der Waals surface area contributed by atoms with Crippen molar-refractivity contribution >= 4 is 29.4 Å². The van der Waals surface area contributed by atoms with Gasteiger partial charge in [-0.15, -0.1) is 0 Å². The molecule has 6 nitrogen and oxygen atoms in total. The van der Waals surface area contributed by atoms with Gasteiger partial charge in [-0.05, 0) is 36.6 Å². The molecule has 0 aliphatic carbocycles. The average Bonchev–Trinajstić information content (AvgIpc) is 2.63. The molecule has 2 amide bonds. The molecule has 0 spiro atoms. The smallest absolute Gasteiger partial charge is 0.331 e. The lowest BCUT2D eigenvalue weighted by Crippen LogP contribution is -2.36. The number of cyclic esters (lactones) is 1. The minimum atomic E-state index is -0.491. The van der Waals surface area contributed by atoms with Gasteiger partial charge in [-0.1, -0.05) is 35.9 Å². The van der Waals surface area contributed by atoms with Crippen LogP contribution >= 0.6 is 11.6 Å². The van der Waals surface area contributed by atoms with E-state index in [-0.39, 0.29) is 31.4 Å². The first-order valence-electron chi connectivity index (χ1n) is 8.74. The molecule has 27 heavy (non-hydrogen) atoms. The highest BCUT2D eigenvalue weighted by atomic mass is 35.5. The Hall–Kier alpha value is -2.60. The van der Waals surface area contributed by atoms with E-state index < -0.39 is 11.9 Å². The predicted molar refractivity (Wildman–Crippen MR) is 103 cm³/mol. The monoisotopic (exact) mass is 390 g/mol. The average molecular weight is 391 g/mol. The summed E-state index contributed by atoms with van der Waals surface area (Å²) in [4.78, 5) is 36.1. The third-order valence-electron chi connectivity index (χ3n) is 4.00. The van der Waals surface area contributed by atoms with Gasteiger partial charge in [0.2, 0.25) is 11.8 Å². The van der Waals surface area contributed by atoms with Gasteiger partial charge in [0.1, 0.15) is 6.61 Å². The van der Waals surface area contributed by atoms with Crippen LogP contribution in [0.5, 0.6) is 0 Å². The Morgan fingerprint density at radius 2 is 2.04 bits per heavy atom. The number of ether oxygens (including phenoxy) is 1. The predicted octanol–water partition coefficient (Wildman–Crippen LogP) is 2.53. The molecular formula is C20H23ClN2O4. The molecule has 0 fully saturated rings. The van der Waals surface area contributed by atoms with Crippen LogP contribution in [0.3, 0.4) is 0 Å². The van der Waals surface area contributed by atoms with E-state index in [1.54, 1.807) is 31.2 Å². The minimum Gasteiger partial charge on any atom is -0.461 e. The molecule has 0 aromatic heterocycles. The van der Waals surface area contributed by atoms with E-state index in [1.807, 2.05) is 12.1 Å². The molecule has 2 N–H and O–H groups in total. The Morgan fingerprint density at radius 1 is 1.30 bits per heavy atom. The SMILES string of the molecule is CC1=C/C(=O)OCCNC(=O)[C@H](CC(=O)NCc2ccc(Cl)cc2)C\C=C\1. The van der Waals surface area contributed by atoms with Crippen molar-refractivity contribution in [3.8, 4) is 0 Å². The maximum absolute atomic E-state index is 12.3. The van der Waals surface area contributed by atoms with Crippen LogP contribution in [0.1, 0.15) is 25.3 Å². The van der Waals surface area contributed by atoms with E-state index in [1.165, 1.54) is 6.08 Å². The Balaban J connectivity index is 1.94. The number of hydrogen-bond donors (Lipinski definition) is 2. The molecule has 0 saturated heterocycles. The van der Waals surface area contributed by atoms with E-state index in [9.17, 15) is 14.4 Å². The normalized spacial score (nSPS) is 21.6. The molecule has 0 saturated carbocycles. The third kappa shape index (κ3) is 7.66. The molecule has 7 heteroatoms. The molecule has 1 aliphatic heterocycles. The molecule has 1 aromatic rings. The maximum atomic E-state index is 12.3. The molecule has 144 valence electrons. The molecule has 1 aromatic carbocycles. The van der Waals surface area contributed by atoms with Gasteiger partial charge in [-0.25, -0.2) is 4.79 Å². The summed E-state index contributed by atoms with van der Waals surface area (Å²) in [6, 6.07) is 7.20. The van der Waals surface area contributed by atoms with Crippen molar-refractivity contribution in [3.63, 3.8) is 0 Å². The number of carbonyl (C=O) groups excluding carboxylic acids is 3. The summed E-state index contributed by atoms with van der Waals surface area (Å²) in [6.07, 6.45) is 5.41. The number of hydrogen-bond acceptors (Lipinski definition) is 4. The zero-order valence-corrected chi connectivity index (χ0v) is 15.9. The van der Waals surface area contributed by atoms with Crippen molar-refractivity contribution in [2.24, 2.45) is 5.92 Å². The first kappa shape index (κ1) is 20.7.